The van der Waals surface area contributed by atoms with Gasteiger partial charge in [-0.25, -0.2) is 0 Å². The molecule has 1 aliphatic rings. The van der Waals surface area contributed by atoms with Crippen molar-refractivity contribution in [2.24, 2.45) is 0 Å². The maximum Gasteiger partial charge on any atom is 0.292 e. The van der Waals surface area contributed by atoms with Crippen LogP contribution in [0.5, 0.6) is 0 Å². The summed E-state index contributed by atoms with van der Waals surface area (Å²) in [4.78, 5) is 6.60. The van der Waals surface area contributed by atoms with Crippen molar-refractivity contribution in [3.05, 3.63) is 42.3 Å². The Morgan fingerprint density at radius 2 is 2.12 bits per heavy atom. The van der Waals surface area contributed by atoms with Crippen molar-refractivity contribution in [1.82, 2.24) is 4.98 Å². The van der Waals surface area contributed by atoms with E-state index < -0.39 is 0 Å². The molecule has 4 heteroatoms. The van der Waals surface area contributed by atoms with Crippen LogP contribution in [0, 0.1) is 0 Å². The number of aromatic nitrogens is 1. The van der Waals surface area contributed by atoms with Gasteiger partial charge in [0.25, 0.3) is 6.01 Å². The van der Waals surface area contributed by atoms with Crippen molar-refractivity contribution in [3.8, 4) is 0 Å². The summed E-state index contributed by atoms with van der Waals surface area (Å²) < 4.78 is 5.10. The van der Waals surface area contributed by atoms with Crippen molar-refractivity contribution in [3.63, 3.8) is 0 Å². The fourth-order valence-electron chi connectivity index (χ4n) is 2.46. The highest BCUT2D eigenvalue weighted by Gasteiger charge is 2.28. The van der Waals surface area contributed by atoms with E-state index in [4.69, 9.17) is 10.2 Å². The van der Waals surface area contributed by atoms with Crippen molar-refractivity contribution in [2.45, 2.75) is 18.9 Å². The van der Waals surface area contributed by atoms with Crippen LogP contribution in [0.3, 0.4) is 0 Å². The van der Waals surface area contributed by atoms with Crippen molar-refractivity contribution in [2.75, 3.05) is 17.2 Å². The Morgan fingerprint density at radius 1 is 1.29 bits per heavy atom. The fraction of sp³-hybridized carbons (Fsp3) is 0.308. The standard InChI is InChI=1S/C13H15N3O/c14-13-15-11(9-17-13)12-7-4-8-16(12)10-5-2-1-3-6-10/h1-3,5-6,9,12H,4,7-8H2,(H2,14,15)/t12-/m1/s1. The van der Waals surface area contributed by atoms with Crippen LogP contribution in [0.4, 0.5) is 11.7 Å². The zero-order valence-electron chi connectivity index (χ0n) is 9.54. The van der Waals surface area contributed by atoms with Crippen LogP contribution in [0.2, 0.25) is 0 Å². The molecule has 17 heavy (non-hydrogen) atoms. The van der Waals surface area contributed by atoms with Crippen molar-refractivity contribution in [1.29, 1.82) is 0 Å². The molecule has 0 bridgehead atoms. The molecule has 0 aliphatic carbocycles. The summed E-state index contributed by atoms with van der Waals surface area (Å²) >= 11 is 0. The number of hydrogen-bond donors (Lipinski definition) is 1. The molecule has 0 spiro atoms. The van der Waals surface area contributed by atoms with E-state index in [9.17, 15) is 0 Å². The number of nitrogens with two attached hydrogens (primary N) is 1. The van der Waals surface area contributed by atoms with Gasteiger partial charge in [-0.3, -0.25) is 0 Å². The Hall–Kier alpha value is -1.97. The molecule has 2 heterocycles. The van der Waals surface area contributed by atoms with Crippen LogP contribution in [-0.4, -0.2) is 11.5 Å². The molecular formula is C13H15N3O. The molecular weight excluding hydrogens is 214 g/mol. The van der Waals surface area contributed by atoms with Gasteiger partial charge in [-0.15, -0.1) is 0 Å². The number of nitrogen functional groups attached to an aromatic ring is 1. The molecule has 1 aliphatic heterocycles. The highest BCUT2D eigenvalue weighted by atomic mass is 16.4. The van der Waals surface area contributed by atoms with Crippen LogP contribution in [0.15, 0.2) is 41.0 Å². The van der Waals surface area contributed by atoms with Crippen molar-refractivity contribution < 1.29 is 4.42 Å². The first-order valence-corrected chi connectivity index (χ1v) is 5.87. The van der Waals surface area contributed by atoms with Gasteiger partial charge in [-0.05, 0) is 25.0 Å². The molecule has 1 saturated heterocycles. The van der Waals surface area contributed by atoms with E-state index in [-0.39, 0.29) is 6.01 Å². The zero-order chi connectivity index (χ0) is 11.7. The van der Waals surface area contributed by atoms with Crippen LogP contribution < -0.4 is 10.6 Å². The average molecular weight is 229 g/mol. The predicted molar refractivity (Wildman–Crippen MR) is 66.7 cm³/mol. The predicted octanol–water partition coefficient (Wildman–Crippen LogP) is 2.60. The Labute approximate surface area is 100 Å². The van der Waals surface area contributed by atoms with Crippen molar-refractivity contribution >= 4 is 11.7 Å². The monoisotopic (exact) mass is 229 g/mol. The minimum Gasteiger partial charge on any atom is -0.432 e. The molecule has 1 atom stereocenters. The Bertz CT molecular complexity index is 494. The Morgan fingerprint density at radius 3 is 2.82 bits per heavy atom. The summed E-state index contributed by atoms with van der Waals surface area (Å²) in [5, 5.41) is 0. The first kappa shape index (κ1) is 10.2. The van der Waals surface area contributed by atoms with Gasteiger partial charge in [0.05, 0.1) is 6.04 Å². The second-order valence-corrected chi connectivity index (χ2v) is 4.30. The van der Waals surface area contributed by atoms with Gasteiger partial charge in [0.15, 0.2) is 0 Å². The van der Waals surface area contributed by atoms with Gasteiger partial charge in [-0.1, -0.05) is 18.2 Å². The Balaban J connectivity index is 1.90. The van der Waals surface area contributed by atoms with E-state index in [1.54, 1.807) is 6.26 Å². The molecule has 88 valence electrons. The lowest BCUT2D eigenvalue weighted by molar-refractivity contribution is 0.574. The van der Waals surface area contributed by atoms with Gasteiger partial charge in [-0.2, -0.15) is 4.98 Å². The SMILES string of the molecule is Nc1nc([C@H]2CCCN2c2ccccc2)co1. The summed E-state index contributed by atoms with van der Waals surface area (Å²) in [6, 6.07) is 10.9. The smallest absolute Gasteiger partial charge is 0.292 e. The molecule has 0 unspecified atom stereocenters. The number of nitrogens with zero attached hydrogens (tertiary/aromatic N) is 2. The Kier molecular flexibility index (Phi) is 2.48. The zero-order valence-corrected chi connectivity index (χ0v) is 9.54. The largest absolute Gasteiger partial charge is 0.432 e. The topological polar surface area (TPSA) is 55.3 Å². The first-order valence-electron chi connectivity index (χ1n) is 5.87. The van der Waals surface area contributed by atoms with Crippen LogP contribution in [-0.2, 0) is 0 Å². The molecule has 0 saturated carbocycles. The van der Waals surface area contributed by atoms with Crippen LogP contribution in [0.25, 0.3) is 0 Å². The minimum atomic E-state index is 0.250. The van der Waals surface area contributed by atoms with E-state index in [0.29, 0.717) is 6.04 Å². The highest BCUT2D eigenvalue weighted by Crippen LogP contribution is 2.35. The molecule has 1 aromatic heterocycles. The number of benzene rings is 1. The molecule has 1 fully saturated rings. The molecule has 2 aromatic rings. The summed E-state index contributed by atoms with van der Waals surface area (Å²) in [6.07, 6.45) is 3.94. The summed E-state index contributed by atoms with van der Waals surface area (Å²) in [6.45, 7) is 1.06. The molecule has 4 nitrogen and oxygen atoms in total. The first-order chi connectivity index (χ1) is 8.34. The van der Waals surface area contributed by atoms with Gasteiger partial charge < -0.3 is 15.1 Å². The molecule has 0 amide bonds. The van der Waals surface area contributed by atoms with E-state index in [2.05, 4.69) is 34.1 Å². The van der Waals surface area contributed by atoms with E-state index in [1.165, 1.54) is 12.1 Å². The van der Waals surface area contributed by atoms with Crippen LogP contribution in [0.1, 0.15) is 24.6 Å². The van der Waals surface area contributed by atoms with Gasteiger partial charge >= 0.3 is 0 Å². The van der Waals surface area contributed by atoms with E-state index >= 15 is 0 Å². The third kappa shape index (κ3) is 1.86. The molecule has 1 aromatic carbocycles. The normalized spacial score (nSPS) is 19.8. The molecule has 3 rings (SSSR count). The summed E-state index contributed by atoms with van der Waals surface area (Å²) in [5.74, 6) is 0. The number of hydrogen-bond acceptors (Lipinski definition) is 4. The third-order valence-corrected chi connectivity index (χ3v) is 3.22. The summed E-state index contributed by atoms with van der Waals surface area (Å²) in [5.41, 5.74) is 7.70. The second kappa shape index (κ2) is 4.13. The van der Waals surface area contributed by atoms with E-state index in [1.807, 2.05) is 6.07 Å². The van der Waals surface area contributed by atoms with Crippen LogP contribution >= 0.6 is 0 Å². The quantitative estimate of drug-likeness (QED) is 0.860. The average Bonchev–Trinajstić information content (AvgIpc) is 2.98. The lowest BCUT2D eigenvalue weighted by Crippen LogP contribution is -2.22. The highest BCUT2D eigenvalue weighted by molar-refractivity contribution is 5.49. The molecule has 0 radical (unpaired) electrons. The number of oxazole rings is 1. The maximum absolute atomic E-state index is 5.53. The maximum atomic E-state index is 5.53. The number of para-hydroxylation sites is 1. The number of anilines is 2. The van der Waals surface area contributed by atoms with E-state index in [0.717, 1.165) is 18.7 Å². The lowest BCUT2D eigenvalue weighted by Gasteiger charge is -2.25. The third-order valence-electron chi connectivity index (χ3n) is 3.22. The van der Waals surface area contributed by atoms with Gasteiger partial charge in [0, 0.05) is 12.2 Å². The second-order valence-electron chi connectivity index (χ2n) is 4.30. The van der Waals surface area contributed by atoms with Gasteiger partial charge in [0.2, 0.25) is 0 Å². The molecule has 2 N–H and O–H groups in total. The minimum absolute atomic E-state index is 0.250. The lowest BCUT2D eigenvalue weighted by atomic mass is 10.1. The number of rotatable bonds is 2. The fourth-order valence-corrected chi connectivity index (χ4v) is 2.46. The van der Waals surface area contributed by atoms with Gasteiger partial charge in [0.1, 0.15) is 12.0 Å². The summed E-state index contributed by atoms with van der Waals surface area (Å²) in [7, 11) is 0.